The van der Waals surface area contributed by atoms with E-state index in [2.05, 4.69) is 52.2 Å². The molecule has 3 rings (SSSR count). The van der Waals surface area contributed by atoms with Crippen LogP contribution in [-0.2, 0) is 6.54 Å². The van der Waals surface area contributed by atoms with Gasteiger partial charge >= 0.3 is 0 Å². The van der Waals surface area contributed by atoms with Crippen molar-refractivity contribution in [1.82, 2.24) is 15.5 Å². The van der Waals surface area contributed by atoms with Gasteiger partial charge in [-0.25, -0.2) is 0 Å². The molecular weight excluding hydrogens is 463 g/mol. The van der Waals surface area contributed by atoms with Crippen LogP contribution in [0.5, 0.6) is 5.75 Å². The number of benzene rings is 1. The van der Waals surface area contributed by atoms with Gasteiger partial charge in [0, 0.05) is 44.8 Å². The highest BCUT2D eigenvalue weighted by molar-refractivity contribution is 14.0. The van der Waals surface area contributed by atoms with Crippen LogP contribution in [0.2, 0.25) is 0 Å². The fourth-order valence-electron chi connectivity index (χ4n) is 3.62. The molecular formula is C22H35IN4O. The molecule has 1 aromatic rings. The maximum Gasteiger partial charge on any atom is 0.191 e. The number of hydrogen-bond acceptors (Lipinski definition) is 3. The van der Waals surface area contributed by atoms with Crippen LogP contribution in [0.1, 0.15) is 44.6 Å². The zero-order valence-electron chi connectivity index (χ0n) is 17.2. The van der Waals surface area contributed by atoms with Crippen molar-refractivity contribution in [3.05, 3.63) is 42.0 Å². The Balaban J connectivity index is 0.00000280. The van der Waals surface area contributed by atoms with Crippen molar-refractivity contribution >= 4 is 29.9 Å². The smallest absolute Gasteiger partial charge is 0.191 e. The highest BCUT2D eigenvalue weighted by Gasteiger charge is 2.21. The third kappa shape index (κ3) is 6.95. The van der Waals surface area contributed by atoms with Crippen molar-refractivity contribution in [3.8, 4) is 5.75 Å². The van der Waals surface area contributed by atoms with Crippen LogP contribution in [-0.4, -0.2) is 49.7 Å². The molecule has 6 heteroatoms. The maximum atomic E-state index is 6.13. The standard InChI is InChI=1S/C22H34N4O.HI/c1-17(2)16-26-13-11-19(12-14-26)25-22(23-3)24-15-18-7-4-5-10-21(18)27-20-8-6-9-20;/h4-5,7,10,19-20H,1,6,8-9,11-16H2,2-3H3,(H2,23,24,25);1H. The zero-order chi connectivity index (χ0) is 19.1. The summed E-state index contributed by atoms with van der Waals surface area (Å²) in [4.78, 5) is 6.89. The van der Waals surface area contributed by atoms with Crippen molar-refractivity contribution < 1.29 is 4.74 Å². The fraction of sp³-hybridized carbons (Fsp3) is 0.591. The Morgan fingerprint density at radius 2 is 1.93 bits per heavy atom. The second kappa shape index (κ2) is 11.7. The second-order valence-corrected chi connectivity index (χ2v) is 7.86. The van der Waals surface area contributed by atoms with Crippen molar-refractivity contribution in [1.29, 1.82) is 0 Å². The van der Waals surface area contributed by atoms with E-state index in [0.717, 1.165) is 50.7 Å². The Morgan fingerprint density at radius 1 is 1.21 bits per heavy atom. The van der Waals surface area contributed by atoms with Crippen LogP contribution in [0.25, 0.3) is 0 Å². The van der Waals surface area contributed by atoms with Crippen LogP contribution in [0.4, 0.5) is 0 Å². The van der Waals surface area contributed by atoms with Crippen molar-refractivity contribution in [2.75, 3.05) is 26.7 Å². The number of piperidine rings is 1. The molecule has 0 atom stereocenters. The first-order valence-corrected chi connectivity index (χ1v) is 10.2. The number of nitrogens with zero attached hydrogens (tertiary/aromatic N) is 2. The number of guanidine groups is 1. The van der Waals surface area contributed by atoms with Gasteiger partial charge in [-0.2, -0.15) is 0 Å². The Morgan fingerprint density at radius 3 is 2.54 bits per heavy atom. The van der Waals surface area contributed by atoms with Crippen LogP contribution in [0.3, 0.4) is 0 Å². The average Bonchev–Trinajstić information content (AvgIpc) is 2.63. The number of nitrogens with one attached hydrogen (secondary N) is 2. The number of para-hydroxylation sites is 1. The van der Waals surface area contributed by atoms with Gasteiger partial charge in [0.25, 0.3) is 0 Å². The third-order valence-electron chi connectivity index (χ3n) is 5.41. The zero-order valence-corrected chi connectivity index (χ0v) is 19.6. The van der Waals surface area contributed by atoms with Gasteiger partial charge in [0.15, 0.2) is 5.96 Å². The number of hydrogen-bond donors (Lipinski definition) is 2. The summed E-state index contributed by atoms with van der Waals surface area (Å²) in [5.41, 5.74) is 2.42. The van der Waals surface area contributed by atoms with E-state index in [1.165, 1.54) is 30.4 Å². The minimum Gasteiger partial charge on any atom is -0.490 e. The number of halogens is 1. The van der Waals surface area contributed by atoms with Gasteiger partial charge in [0.05, 0.1) is 6.10 Å². The lowest BCUT2D eigenvalue weighted by atomic mass is 9.96. The van der Waals surface area contributed by atoms with Gasteiger partial charge in [-0.1, -0.05) is 30.4 Å². The van der Waals surface area contributed by atoms with Gasteiger partial charge in [-0.05, 0) is 45.1 Å². The molecule has 0 amide bonds. The molecule has 1 aliphatic heterocycles. The van der Waals surface area contributed by atoms with E-state index < -0.39 is 0 Å². The second-order valence-electron chi connectivity index (χ2n) is 7.86. The molecule has 0 spiro atoms. The number of likely N-dealkylation sites (tertiary alicyclic amines) is 1. The molecule has 1 aliphatic carbocycles. The van der Waals surface area contributed by atoms with E-state index in [1.54, 1.807) is 0 Å². The molecule has 0 radical (unpaired) electrons. The van der Waals surface area contributed by atoms with Crippen molar-refractivity contribution in [2.45, 2.75) is 57.7 Å². The summed E-state index contributed by atoms with van der Waals surface area (Å²) in [6.45, 7) is 10.1. The van der Waals surface area contributed by atoms with Gasteiger partial charge in [0.1, 0.15) is 5.75 Å². The minimum absolute atomic E-state index is 0. The summed E-state index contributed by atoms with van der Waals surface area (Å²) in [6, 6.07) is 8.79. The quantitative estimate of drug-likeness (QED) is 0.259. The van der Waals surface area contributed by atoms with E-state index in [9.17, 15) is 0 Å². The van der Waals surface area contributed by atoms with Gasteiger partial charge in [-0.3, -0.25) is 9.89 Å². The fourth-order valence-corrected chi connectivity index (χ4v) is 3.62. The molecule has 1 saturated carbocycles. The molecule has 2 N–H and O–H groups in total. The molecule has 2 aliphatic rings. The Kier molecular flexibility index (Phi) is 9.58. The Labute approximate surface area is 187 Å². The summed E-state index contributed by atoms with van der Waals surface area (Å²) < 4.78 is 6.13. The molecule has 0 unspecified atom stereocenters. The highest BCUT2D eigenvalue weighted by atomic mass is 127. The third-order valence-corrected chi connectivity index (χ3v) is 5.41. The maximum absolute atomic E-state index is 6.13. The van der Waals surface area contributed by atoms with E-state index in [4.69, 9.17) is 4.74 Å². The summed E-state index contributed by atoms with van der Waals surface area (Å²) in [5.74, 6) is 1.87. The normalized spacial score (nSPS) is 18.7. The van der Waals surface area contributed by atoms with Crippen LogP contribution >= 0.6 is 24.0 Å². The van der Waals surface area contributed by atoms with Crippen LogP contribution < -0.4 is 15.4 Å². The van der Waals surface area contributed by atoms with E-state index >= 15 is 0 Å². The van der Waals surface area contributed by atoms with Gasteiger partial charge in [-0.15, -0.1) is 24.0 Å². The SMILES string of the molecule is C=C(C)CN1CCC(NC(=NC)NCc2ccccc2OC2CCC2)CC1.I. The molecule has 5 nitrogen and oxygen atoms in total. The highest BCUT2D eigenvalue weighted by Crippen LogP contribution is 2.27. The predicted octanol–water partition coefficient (Wildman–Crippen LogP) is 3.94. The van der Waals surface area contributed by atoms with E-state index in [0.29, 0.717) is 12.1 Å². The van der Waals surface area contributed by atoms with Gasteiger partial charge < -0.3 is 15.4 Å². The molecule has 1 heterocycles. The first-order valence-electron chi connectivity index (χ1n) is 10.2. The molecule has 2 fully saturated rings. The molecule has 1 saturated heterocycles. The molecule has 28 heavy (non-hydrogen) atoms. The van der Waals surface area contributed by atoms with Crippen molar-refractivity contribution in [2.24, 2.45) is 4.99 Å². The summed E-state index contributed by atoms with van der Waals surface area (Å²) in [6.07, 6.45) is 6.30. The number of aliphatic imine (C=N–C) groups is 1. The molecule has 0 aromatic heterocycles. The molecule has 0 bridgehead atoms. The van der Waals surface area contributed by atoms with E-state index in [1.807, 2.05) is 13.1 Å². The van der Waals surface area contributed by atoms with Crippen LogP contribution in [0, 0.1) is 0 Å². The average molecular weight is 498 g/mol. The van der Waals surface area contributed by atoms with E-state index in [-0.39, 0.29) is 24.0 Å². The lowest BCUT2D eigenvalue weighted by Crippen LogP contribution is -2.48. The minimum atomic E-state index is 0. The lowest BCUT2D eigenvalue weighted by molar-refractivity contribution is 0.119. The Hall–Kier alpha value is -1.28. The largest absolute Gasteiger partial charge is 0.490 e. The van der Waals surface area contributed by atoms with Crippen LogP contribution in [0.15, 0.2) is 41.4 Å². The summed E-state index contributed by atoms with van der Waals surface area (Å²) >= 11 is 0. The predicted molar refractivity (Wildman–Crippen MR) is 128 cm³/mol. The first-order chi connectivity index (χ1) is 13.1. The monoisotopic (exact) mass is 498 g/mol. The van der Waals surface area contributed by atoms with Gasteiger partial charge in [0.2, 0.25) is 0 Å². The van der Waals surface area contributed by atoms with Crippen molar-refractivity contribution in [3.63, 3.8) is 0 Å². The number of rotatable bonds is 7. The first kappa shape index (κ1) is 23.0. The Bertz CT molecular complexity index is 652. The molecule has 1 aromatic carbocycles. The summed E-state index contributed by atoms with van der Waals surface area (Å²) in [7, 11) is 1.84. The number of ether oxygens (including phenoxy) is 1. The lowest BCUT2D eigenvalue weighted by Gasteiger charge is -2.33. The topological polar surface area (TPSA) is 48.9 Å². The molecule has 156 valence electrons. The summed E-state index contributed by atoms with van der Waals surface area (Å²) in [5, 5.41) is 7.04.